The molecule has 0 amide bonds. The lowest BCUT2D eigenvalue weighted by Crippen LogP contribution is -2.58. The number of likely N-dealkylation sites (N-methyl/N-ethyl adjacent to an activating group) is 1. The molecule has 3 nitrogen and oxygen atoms in total. The third-order valence-corrected chi connectivity index (χ3v) is 5.05. The second-order valence-electron chi connectivity index (χ2n) is 6.92. The summed E-state index contributed by atoms with van der Waals surface area (Å²) < 4.78 is 0. The van der Waals surface area contributed by atoms with E-state index in [4.69, 9.17) is 0 Å². The van der Waals surface area contributed by atoms with Crippen molar-refractivity contribution >= 4 is 0 Å². The fourth-order valence-electron chi connectivity index (χ4n) is 3.51. The molecule has 0 bridgehead atoms. The van der Waals surface area contributed by atoms with Crippen LogP contribution in [-0.2, 0) is 6.42 Å². The molecular formula is C17H27N3. The topological polar surface area (TPSA) is 18.5 Å². The number of benzene rings is 1. The van der Waals surface area contributed by atoms with Crippen molar-refractivity contribution in [2.45, 2.75) is 31.8 Å². The van der Waals surface area contributed by atoms with E-state index >= 15 is 0 Å². The first-order valence-corrected chi connectivity index (χ1v) is 7.81. The molecule has 0 aliphatic carbocycles. The number of nitrogens with zero attached hydrogens (tertiary/aromatic N) is 2. The summed E-state index contributed by atoms with van der Waals surface area (Å²) in [6.07, 6.45) is 1.17. The van der Waals surface area contributed by atoms with Gasteiger partial charge < -0.3 is 5.32 Å². The highest BCUT2D eigenvalue weighted by Crippen LogP contribution is 2.26. The van der Waals surface area contributed by atoms with E-state index in [1.807, 2.05) is 0 Å². The van der Waals surface area contributed by atoms with Gasteiger partial charge in [-0.1, -0.05) is 24.3 Å². The average molecular weight is 273 g/mol. The van der Waals surface area contributed by atoms with Crippen LogP contribution < -0.4 is 5.32 Å². The number of hydrogen-bond donors (Lipinski definition) is 1. The van der Waals surface area contributed by atoms with Crippen LogP contribution in [-0.4, -0.2) is 55.1 Å². The monoisotopic (exact) mass is 273 g/mol. The Hall–Kier alpha value is -0.900. The molecule has 0 radical (unpaired) electrons. The van der Waals surface area contributed by atoms with Gasteiger partial charge in [0, 0.05) is 37.8 Å². The molecule has 2 heterocycles. The first-order chi connectivity index (χ1) is 9.56. The molecule has 2 aliphatic heterocycles. The quantitative estimate of drug-likeness (QED) is 0.888. The Morgan fingerprint density at radius 2 is 2.05 bits per heavy atom. The summed E-state index contributed by atoms with van der Waals surface area (Å²) in [5.74, 6) is 0. The Morgan fingerprint density at radius 1 is 1.25 bits per heavy atom. The van der Waals surface area contributed by atoms with Gasteiger partial charge in [-0.05, 0) is 45.0 Å². The summed E-state index contributed by atoms with van der Waals surface area (Å²) in [6.45, 7) is 10.4. The van der Waals surface area contributed by atoms with Crippen molar-refractivity contribution in [3.8, 4) is 0 Å². The van der Waals surface area contributed by atoms with Crippen LogP contribution in [0.3, 0.4) is 0 Å². The maximum atomic E-state index is 3.71. The smallest absolute Gasteiger partial charge is 0.0452 e. The van der Waals surface area contributed by atoms with Crippen LogP contribution in [0.25, 0.3) is 0 Å². The van der Waals surface area contributed by atoms with Gasteiger partial charge in [0.2, 0.25) is 0 Å². The summed E-state index contributed by atoms with van der Waals surface area (Å²) in [5.41, 5.74) is 3.33. The molecule has 1 aromatic carbocycles. The predicted molar refractivity (Wildman–Crippen MR) is 84.0 cm³/mol. The maximum absolute atomic E-state index is 3.71. The van der Waals surface area contributed by atoms with E-state index in [1.165, 1.54) is 30.6 Å². The lowest BCUT2D eigenvalue weighted by molar-refractivity contribution is 0.0348. The van der Waals surface area contributed by atoms with Crippen molar-refractivity contribution < 1.29 is 0 Å². The molecular weight excluding hydrogens is 246 g/mol. The molecule has 0 saturated carbocycles. The summed E-state index contributed by atoms with van der Waals surface area (Å²) in [6, 6.07) is 9.43. The highest BCUT2D eigenvalue weighted by atomic mass is 15.3. The Morgan fingerprint density at radius 3 is 2.85 bits per heavy atom. The second-order valence-corrected chi connectivity index (χ2v) is 6.92. The van der Waals surface area contributed by atoms with E-state index < -0.39 is 0 Å². The van der Waals surface area contributed by atoms with Gasteiger partial charge in [0.05, 0.1) is 0 Å². The van der Waals surface area contributed by atoms with Crippen molar-refractivity contribution in [3.63, 3.8) is 0 Å². The van der Waals surface area contributed by atoms with E-state index in [-0.39, 0.29) is 5.54 Å². The molecule has 0 spiro atoms. The van der Waals surface area contributed by atoms with Gasteiger partial charge in [0.15, 0.2) is 0 Å². The zero-order valence-electron chi connectivity index (χ0n) is 13.0. The first kappa shape index (κ1) is 14.1. The van der Waals surface area contributed by atoms with E-state index in [0.29, 0.717) is 6.04 Å². The molecule has 20 heavy (non-hydrogen) atoms. The van der Waals surface area contributed by atoms with Crippen molar-refractivity contribution in [3.05, 3.63) is 35.4 Å². The largest absolute Gasteiger partial charge is 0.309 e. The van der Waals surface area contributed by atoms with Crippen LogP contribution in [0.4, 0.5) is 0 Å². The fraction of sp³-hybridized carbons (Fsp3) is 0.647. The number of fused-ring (bicyclic) bond motifs is 1. The van der Waals surface area contributed by atoms with E-state index in [2.05, 4.69) is 60.3 Å². The molecule has 1 N–H and O–H groups in total. The first-order valence-electron chi connectivity index (χ1n) is 7.81. The zero-order chi connectivity index (χ0) is 14.2. The minimum Gasteiger partial charge on any atom is -0.309 e. The normalized spacial score (nSPS) is 27.2. The van der Waals surface area contributed by atoms with Crippen LogP contribution in [0.5, 0.6) is 0 Å². The molecule has 1 saturated heterocycles. The number of piperazine rings is 1. The Kier molecular flexibility index (Phi) is 3.85. The molecule has 1 aromatic rings. The lowest BCUT2D eigenvalue weighted by atomic mass is 9.93. The van der Waals surface area contributed by atoms with Gasteiger partial charge in [-0.2, -0.15) is 0 Å². The van der Waals surface area contributed by atoms with E-state index in [0.717, 1.165) is 19.6 Å². The third kappa shape index (κ3) is 2.76. The predicted octanol–water partition coefficient (Wildman–Crippen LogP) is 1.90. The Bertz CT molecular complexity index is 469. The standard InChI is InChI=1S/C17H27N3/c1-17(2)13-20(11-10-19(17)3)12-16-15-7-5-4-6-14(15)8-9-18-16/h4-7,16,18H,8-13H2,1-3H3. The Labute approximate surface area is 123 Å². The summed E-state index contributed by atoms with van der Waals surface area (Å²) in [4.78, 5) is 5.10. The molecule has 1 fully saturated rings. The molecule has 0 aromatic heterocycles. The molecule has 2 aliphatic rings. The SMILES string of the molecule is CN1CCN(CC2NCCc3ccccc32)CC1(C)C. The lowest BCUT2D eigenvalue weighted by Gasteiger charge is -2.46. The van der Waals surface area contributed by atoms with Gasteiger partial charge in [-0.25, -0.2) is 0 Å². The van der Waals surface area contributed by atoms with Crippen LogP contribution in [0.1, 0.15) is 31.0 Å². The Balaban J connectivity index is 1.70. The van der Waals surface area contributed by atoms with E-state index in [1.54, 1.807) is 0 Å². The van der Waals surface area contributed by atoms with Crippen LogP contribution in [0.2, 0.25) is 0 Å². The van der Waals surface area contributed by atoms with Crippen molar-refractivity contribution in [2.24, 2.45) is 0 Å². The summed E-state index contributed by atoms with van der Waals surface area (Å²) >= 11 is 0. The van der Waals surface area contributed by atoms with Crippen LogP contribution in [0.15, 0.2) is 24.3 Å². The zero-order valence-corrected chi connectivity index (χ0v) is 13.0. The van der Waals surface area contributed by atoms with Crippen LogP contribution >= 0.6 is 0 Å². The average Bonchev–Trinajstić information content (AvgIpc) is 2.43. The van der Waals surface area contributed by atoms with Crippen LogP contribution in [0, 0.1) is 0 Å². The molecule has 1 atom stereocenters. The summed E-state index contributed by atoms with van der Waals surface area (Å²) in [5, 5.41) is 3.71. The minimum atomic E-state index is 0.284. The molecule has 3 heteroatoms. The molecule has 1 unspecified atom stereocenters. The minimum absolute atomic E-state index is 0.284. The molecule has 110 valence electrons. The number of rotatable bonds is 2. The van der Waals surface area contributed by atoms with Crippen molar-refractivity contribution in [2.75, 3.05) is 39.8 Å². The van der Waals surface area contributed by atoms with Gasteiger partial charge >= 0.3 is 0 Å². The number of nitrogens with one attached hydrogen (secondary N) is 1. The van der Waals surface area contributed by atoms with Gasteiger partial charge in [-0.3, -0.25) is 9.80 Å². The third-order valence-electron chi connectivity index (χ3n) is 5.05. The molecule has 3 rings (SSSR count). The van der Waals surface area contributed by atoms with Crippen molar-refractivity contribution in [1.29, 1.82) is 0 Å². The maximum Gasteiger partial charge on any atom is 0.0452 e. The van der Waals surface area contributed by atoms with Gasteiger partial charge in [-0.15, -0.1) is 0 Å². The highest BCUT2D eigenvalue weighted by molar-refractivity contribution is 5.32. The van der Waals surface area contributed by atoms with Crippen molar-refractivity contribution in [1.82, 2.24) is 15.1 Å². The van der Waals surface area contributed by atoms with Gasteiger partial charge in [0.1, 0.15) is 0 Å². The number of hydrogen-bond acceptors (Lipinski definition) is 3. The van der Waals surface area contributed by atoms with E-state index in [9.17, 15) is 0 Å². The fourth-order valence-corrected chi connectivity index (χ4v) is 3.51. The second kappa shape index (κ2) is 5.47. The summed E-state index contributed by atoms with van der Waals surface area (Å²) in [7, 11) is 2.24. The van der Waals surface area contributed by atoms with Gasteiger partial charge in [0.25, 0.3) is 0 Å². The highest BCUT2D eigenvalue weighted by Gasteiger charge is 2.32.